The third-order valence-corrected chi connectivity index (χ3v) is 6.69. The van der Waals surface area contributed by atoms with Gasteiger partial charge >= 0.3 is 12.1 Å². The molecule has 4 rings (SSSR count). The van der Waals surface area contributed by atoms with Crippen LogP contribution < -0.4 is 4.74 Å². The number of ether oxygens (including phenoxy) is 1. The standard InChI is InChI=1S/C30H30F3NO4/c1-19(2)22-9-7-20(8-10-22)15-29(3)16-24-14-23(11-12-26(24)38-29)28(37)34(18-27(35)36)17-21-5-4-6-25(13-21)30(31,32)33/h4-14,19H,15-18H2,1-3H3,(H,35,36). The molecular formula is C30H30F3NO4. The molecule has 1 unspecified atom stereocenters. The molecule has 0 aliphatic carbocycles. The third-order valence-electron chi connectivity index (χ3n) is 6.69. The van der Waals surface area contributed by atoms with Crippen LogP contribution in [0.1, 0.15) is 64.9 Å². The van der Waals surface area contributed by atoms with Crippen LogP contribution >= 0.6 is 0 Å². The Labute approximate surface area is 219 Å². The first-order valence-corrected chi connectivity index (χ1v) is 12.4. The lowest BCUT2D eigenvalue weighted by atomic mass is 9.90. The molecule has 0 aromatic heterocycles. The van der Waals surface area contributed by atoms with Crippen LogP contribution in [0.3, 0.4) is 0 Å². The maximum Gasteiger partial charge on any atom is 0.416 e. The quantitative estimate of drug-likeness (QED) is 0.365. The van der Waals surface area contributed by atoms with Crippen molar-refractivity contribution in [2.75, 3.05) is 6.54 Å². The lowest BCUT2D eigenvalue weighted by molar-refractivity contribution is -0.139. The fraction of sp³-hybridized carbons (Fsp3) is 0.333. The molecule has 0 radical (unpaired) electrons. The summed E-state index contributed by atoms with van der Waals surface area (Å²) in [6.45, 7) is 5.38. The number of hydrogen-bond donors (Lipinski definition) is 1. The van der Waals surface area contributed by atoms with Crippen molar-refractivity contribution in [3.8, 4) is 5.75 Å². The molecule has 3 aromatic carbocycles. The van der Waals surface area contributed by atoms with Gasteiger partial charge in [-0.3, -0.25) is 9.59 Å². The molecule has 5 nitrogen and oxygen atoms in total. The Morgan fingerprint density at radius 3 is 2.37 bits per heavy atom. The second-order valence-electron chi connectivity index (χ2n) is 10.4. The van der Waals surface area contributed by atoms with Crippen LogP contribution in [0.2, 0.25) is 0 Å². The molecule has 8 heteroatoms. The van der Waals surface area contributed by atoms with Gasteiger partial charge in [0.1, 0.15) is 17.9 Å². The number of carbonyl (C=O) groups excluding carboxylic acids is 1. The van der Waals surface area contributed by atoms with E-state index in [2.05, 4.69) is 38.1 Å². The van der Waals surface area contributed by atoms with Crippen molar-refractivity contribution >= 4 is 11.9 Å². The molecule has 0 saturated carbocycles. The van der Waals surface area contributed by atoms with Crippen LogP contribution in [0.5, 0.6) is 5.75 Å². The van der Waals surface area contributed by atoms with Gasteiger partial charge in [-0.15, -0.1) is 0 Å². The van der Waals surface area contributed by atoms with E-state index in [0.717, 1.165) is 28.2 Å². The van der Waals surface area contributed by atoms with E-state index in [-0.39, 0.29) is 17.7 Å². The zero-order chi connectivity index (χ0) is 27.7. The molecule has 0 fully saturated rings. The summed E-state index contributed by atoms with van der Waals surface area (Å²) < 4.78 is 45.6. The lowest BCUT2D eigenvalue weighted by Crippen LogP contribution is -2.35. The predicted molar refractivity (Wildman–Crippen MR) is 137 cm³/mol. The number of amides is 1. The van der Waals surface area contributed by atoms with Crippen LogP contribution in [0, 0.1) is 0 Å². The smallest absolute Gasteiger partial charge is 0.416 e. The van der Waals surface area contributed by atoms with Gasteiger partial charge in [-0.1, -0.05) is 50.2 Å². The number of carboxylic acid groups (broad SMARTS) is 1. The van der Waals surface area contributed by atoms with Gasteiger partial charge in [0.2, 0.25) is 0 Å². The highest BCUT2D eigenvalue weighted by atomic mass is 19.4. The summed E-state index contributed by atoms with van der Waals surface area (Å²) in [5.74, 6) is -0.737. The van der Waals surface area contributed by atoms with E-state index in [1.807, 2.05) is 6.92 Å². The van der Waals surface area contributed by atoms with Gasteiger partial charge in [0.15, 0.2) is 0 Å². The molecule has 1 N–H and O–H groups in total. The highest BCUT2D eigenvalue weighted by molar-refractivity contribution is 5.96. The normalized spacial score (nSPS) is 16.7. The average molecular weight is 526 g/mol. The van der Waals surface area contributed by atoms with Gasteiger partial charge in [0.05, 0.1) is 5.56 Å². The molecule has 1 amide bonds. The molecule has 0 saturated heterocycles. The summed E-state index contributed by atoms with van der Waals surface area (Å²) in [7, 11) is 0. The number of rotatable bonds is 8. The van der Waals surface area contributed by atoms with Gasteiger partial charge in [0, 0.05) is 24.9 Å². The summed E-state index contributed by atoms with van der Waals surface area (Å²) in [6, 6.07) is 17.9. The van der Waals surface area contributed by atoms with Crippen molar-refractivity contribution in [3.63, 3.8) is 0 Å². The zero-order valence-corrected chi connectivity index (χ0v) is 21.5. The minimum Gasteiger partial charge on any atom is -0.487 e. The number of aliphatic carboxylic acids is 1. The van der Waals surface area contributed by atoms with Crippen molar-refractivity contribution in [1.82, 2.24) is 4.90 Å². The number of alkyl halides is 3. The summed E-state index contributed by atoms with van der Waals surface area (Å²) in [6.07, 6.45) is -3.31. The predicted octanol–water partition coefficient (Wildman–Crippen LogP) is 6.49. The van der Waals surface area contributed by atoms with Crippen molar-refractivity contribution in [2.24, 2.45) is 0 Å². The first kappa shape index (κ1) is 27.2. The minimum absolute atomic E-state index is 0.190. The highest BCUT2D eigenvalue weighted by Crippen LogP contribution is 2.38. The minimum atomic E-state index is -4.54. The third kappa shape index (κ3) is 6.36. The number of nitrogens with zero attached hydrogens (tertiary/aromatic N) is 1. The molecule has 200 valence electrons. The van der Waals surface area contributed by atoms with Gasteiger partial charge in [-0.05, 0) is 65.4 Å². The first-order chi connectivity index (χ1) is 17.8. The second-order valence-corrected chi connectivity index (χ2v) is 10.4. The molecule has 0 bridgehead atoms. The molecule has 1 atom stereocenters. The zero-order valence-electron chi connectivity index (χ0n) is 21.5. The molecule has 1 aliphatic heterocycles. The van der Waals surface area contributed by atoms with Gasteiger partial charge in [-0.2, -0.15) is 13.2 Å². The second kappa shape index (κ2) is 10.5. The van der Waals surface area contributed by atoms with E-state index in [4.69, 9.17) is 4.74 Å². The number of carboxylic acids is 1. The Morgan fingerprint density at radius 2 is 1.74 bits per heavy atom. The van der Waals surface area contributed by atoms with Gasteiger partial charge in [0.25, 0.3) is 5.91 Å². The summed E-state index contributed by atoms with van der Waals surface area (Å²) in [5.41, 5.74) is 2.30. The van der Waals surface area contributed by atoms with E-state index in [1.54, 1.807) is 18.2 Å². The van der Waals surface area contributed by atoms with Crippen molar-refractivity contribution in [1.29, 1.82) is 0 Å². The van der Waals surface area contributed by atoms with E-state index < -0.39 is 35.8 Å². The van der Waals surface area contributed by atoms with Gasteiger partial charge < -0.3 is 14.7 Å². The monoisotopic (exact) mass is 525 g/mol. The topological polar surface area (TPSA) is 66.8 Å². The van der Waals surface area contributed by atoms with E-state index >= 15 is 0 Å². The SMILES string of the molecule is CC(C)c1ccc(CC2(C)Cc3cc(C(=O)N(CC(=O)O)Cc4cccc(C(F)(F)F)c4)ccc3O2)cc1. The highest BCUT2D eigenvalue weighted by Gasteiger charge is 2.36. The van der Waals surface area contributed by atoms with E-state index in [9.17, 15) is 27.9 Å². The summed E-state index contributed by atoms with van der Waals surface area (Å²) in [5, 5.41) is 9.36. The van der Waals surface area contributed by atoms with Crippen LogP contribution in [0.15, 0.2) is 66.7 Å². The maximum absolute atomic E-state index is 13.3. The lowest BCUT2D eigenvalue weighted by Gasteiger charge is -2.24. The van der Waals surface area contributed by atoms with Crippen molar-refractivity contribution < 1.29 is 32.6 Å². The fourth-order valence-electron chi connectivity index (χ4n) is 4.82. The van der Waals surface area contributed by atoms with Crippen LogP contribution in [-0.2, 0) is 30.4 Å². The average Bonchev–Trinajstić information content (AvgIpc) is 3.17. The Morgan fingerprint density at radius 1 is 1.03 bits per heavy atom. The van der Waals surface area contributed by atoms with E-state index in [0.29, 0.717) is 24.5 Å². The van der Waals surface area contributed by atoms with Crippen LogP contribution in [-0.4, -0.2) is 34.0 Å². The first-order valence-electron chi connectivity index (χ1n) is 12.4. The molecule has 0 spiro atoms. The fourth-order valence-corrected chi connectivity index (χ4v) is 4.82. The van der Waals surface area contributed by atoms with E-state index in [1.165, 1.54) is 17.7 Å². The molecule has 38 heavy (non-hydrogen) atoms. The molecule has 3 aromatic rings. The van der Waals surface area contributed by atoms with Crippen molar-refractivity contribution in [2.45, 2.75) is 57.9 Å². The summed E-state index contributed by atoms with van der Waals surface area (Å²) >= 11 is 0. The number of hydrogen-bond acceptors (Lipinski definition) is 3. The van der Waals surface area contributed by atoms with Gasteiger partial charge in [-0.25, -0.2) is 0 Å². The Hall–Kier alpha value is -3.81. The largest absolute Gasteiger partial charge is 0.487 e. The molecule has 1 aliphatic rings. The van der Waals surface area contributed by atoms with Crippen molar-refractivity contribution in [3.05, 3.63) is 100 Å². The Bertz CT molecular complexity index is 1330. The molecule has 1 heterocycles. The number of benzene rings is 3. The number of carbonyl (C=O) groups is 2. The molecular weight excluding hydrogens is 495 g/mol. The number of fused-ring (bicyclic) bond motifs is 1. The number of halogens is 3. The van der Waals surface area contributed by atoms with Crippen LogP contribution in [0.4, 0.5) is 13.2 Å². The summed E-state index contributed by atoms with van der Waals surface area (Å²) in [4.78, 5) is 25.8. The van der Waals surface area contributed by atoms with Crippen LogP contribution in [0.25, 0.3) is 0 Å². The Balaban J connectivity index is 1.52. The maximum atomic E-state index is 13.3. The Kier molecular flexibility index (Phi) is 7.54.